The molecule has 0 saturated carbocycles. The fraction of sp³-hybridized carbons (Fsp3) is 0.643. The Balaban J connectivity index is 1.72. The first-order valence-corrected chi connectivity index (χ1v) is 7.73. The Labute approximate surface area is 121 Å². The topological polar surface area (TPSA) is 36.7 Å². The molecule has 4 nitrogen and oxygen atoms in total. The molecule has 3 rings (SSSR count). The molecule has 3 heterocycles. The van der Waals surface area contributed by atoms with E-state index >= 15 is 0 Å². The number of carbonyl (C=O) groups is 1. The van der Waals surface area contributed by atoms with Gasteiger partial charge in [-0.1, -0.05) is 6.42 Å². The van der Waals surface area contributed by atoms with Gasteiger partial charge in [-0.3, -0.25) is 9.69 Å². The van der Waals surface area contributed by atoms with Gasteiger partial charge in [0, 0.05) is 31.2 Å². The van der Waals surface area contributed by atoms with Crippen LogP contribution in [0.2, 0.25) is 0 Å². The predicted molar refractivity (Wildman–Crippen MR) is 76.3 cm³/mol. The van der Waals surface area contributed by atoms with E-state index in [9.17, 15) is 4.79 Å². The summed E-state index contributed by atoms with van der Waals surface area (Å²) in [5.41, 5.74) is 0.906. The Hall–Kier alpha value is -0.810. The highest BCUT2D eigenvalue weighted by molar-refractivity contribution is 9.10. The van der Waals surface area contributed by atoms with Crippen LogP contribution in [-0.4, -0.2) is 47.9 Å². The van der Waals surface area contributed by atoms with Gasteiger partial charge in [-0.15, -0.1) is 0 Å². The van der Waals surface area contributed by atoms with Crippen LogP contribution in [0.15, 0.2) is 15.2 Å². The lowest BCUT2D eigenvalue weighted by Crippen LogP contribution is -2.56. The van der Waals surface area contributed by atoms with E-state index in [1.165, 1.54) is 25.8 Å². The highest BCUT2D eigenvalue weighted by Gasteiger charge is 2.32. The van der Waals surface area contributed by atoms with Gasteiger partial charge in [-0.05, 0) is 48.3 Å². The quantitative estimate of drug-likeness (QED) is 0.796. The van der Waals surface area contributed by atoms with Gasteiger partial charge in [-0.2, -0.15) is 0 Å². The first kappa shape index (κ1) is 13.2. The summed E-state index contributed by atoms with van der Waals surface area (Å²) in [6.45, 7) is 5.76. The molecule has 0 spiro atoms. The predicted octanol–water partition coefficient (Wildman–Crippen LogP) is 2.66. The number of nitrogens with zero attached hydrogens (tertiary/aromatic N) is 2. The Morgan fingerprint density at radius 2 is 2.21 bits per heavy atom. The molecule has 2 aliphatic heterocycles. The second-order valence-corrected chi connectivity index (χ2v) is 6.28. The lowest BCUT2D eigenvalue weighted by Gasteiger charge is -2.43. The SMILES string of the molecule is Cc1cc(Br)oc1C(=O)N1CCN2CCCC[C@@H]2C1. The van der Waals surface area contributed by atoms with Crippen LogP contribution in [0.4, 0.5) is 0 Å². The molecule has 0 N–H and O–H groups in total. The van der Waals surface area contributed by atoms with Crippen molar-refractivity contribution in [2.24, 2.45) is 0 Å². The Bertz CT molecular complexity index is 486. The van der Waals surface area contributed by atoms with E-state index < -0.39 is 0 Å². The van der Waals surface area contributed by atoms with Crippen LogP contribution < -0.4 is 0 Å². The van der Waals surface area contributed by atoms with Crippen molar-refractivity contribution < 1.29 is 9.21 Å². The van der Waals surface area contributed by atoms with Gasteiger partial charge in [-0.25, -0.2) is 0 Å². The summed E-state index contributed by atoms with van der Waals surface area (Å²) < 4.78 is 6.11. The lowest BCUT2D eigenvalue weighted by atomic mass is 9.99. The summed E-state index contributed by atoms with van der Waals surface area (Å²) in [7, 11) is 0. The van der Waals surface area contributed by atoms with Crippen LogP contribution in [0, 0.1) is 6.92 Å². The number of hydrogen-bond acceptors (Lipinski definition) is 3. The van der Waals surface area contributed by atoms with Crippen LogP contribution in [0.1, 0.15) is 35.4 Å². The third kappa shape index (κ3) is 2.58. The van der Waals surface area contributed by atoms with Gasteiger partial charge in [0.25, 0.3) is 5.91 Å². The van der Waals surface area contributed by atoms with E-state index in [-0.39, 0.29) is 5.91 Å². The van der Waals surface area contributed by atoms with Crippen molar-refractivity contribution in [1.82, 2.24) is 9.80 Å². The third-order valence-electron chi connectivity index (χ3n) is 4.21. The van der Waals surface area contributed by atoms with Crippen LogP contribution in [-0.2, 0) is 0 Å². The summed E-state index contributed by atoms with van der Waals surface area (Å²) in [5, 5.41) is 0. The lowest BCUT2D eigenvalue weighted by molar-refractivity contribution is 0.0349. The molecule has 104 valence electrons. The Kier molecular flexibility index (Phi) is 3.67. The summed E-state index contributed by atoms with van der Waals surface area (Å²) in [6, 6.07) is 2.40. The highest BCUT2D eigenvalue weighted by atomic mass is 79.9. The van der Waals surface area contributed by atoms with E-state index in [0.29, 0.717) is 16.5 Å². The zero-order chi connectivity index (χ0) is 13.4. The number of piperazine rings is 1. The molecule has 0 aromatic carbocycles. The Morgan fingerprint density at radius 3 is 2.95 bits per heavy atom. The molecule has 19 heavy (non-hydrogen) atoms. The molecule has 0 aliphatic carbocycles. The fourth-order valence-corrected chi connectivity index (χ4v) is 3.64. The molecule has 0 unspecified atom stereocenters. The smallest absolute Gasteiger partial charge is 0.289 e. The van der Waals surface area contributed by atoms with Crippen molar-refractivity contribution in [2.45, 2.75) is 32.2 Å². The molecule has 1 atom stereocenters. The molecule has 2 saturated heterocycles. The monoisotopic (exact) mass is 326 g/mol. The Morgan fingerprint density at radius 1 is 1.37 bits per heavy atom. The zero-order valence-electron chi connectivity index (χ0n) is 11.2. The number of piperidine rings is 1. The average molecular weight is 327 g/mol. The molecule has 1 aromatic heterocycles. The maximum absolute atomic E-state index is 12.5. The molecule has 2 fully saturated rings. The molecule has 1 amide bonds. The van der Waals surface area contributed by atoms with Crippen molar-refractivity contribution in [3.63, 3.8) is 0 Å². The van der Waals surface area contributed by atoms with Crippen molar-refractivity contribution in [1.29, 1.82) is 0 Å². The summed E-state index contributed by atoms with van der Waals surface area (Å²) in [6.07, 6.45) is 3.80. The fourth-order valence-electron chi connectivity index (χ4n) is 3.14. The van der Waals surface area contributed by atoms with E-state index in [1.807, 2.05) is 17.9 Å². The second-order valence-electron chi connectivity index (χ2n) is 5.50. The normalized spacial score (nSPS) is 24.3. The van der Waals surface area contributed by atoms with Gasteiger partial charge >= 0.3 is 0 Å². The van der Waals surface area contributed by atoms with E-state index in [1.54, 1.807) is 0 Å². The molecule has 0 radical (unpaired) electrons. The third-order valence-corrected chi connectivity index (χ3v) is 4.60. The van der Waals surface area contributed by atoms with Crippen LogP contribution in [0.5, 0.6) is 0 Å². The first-order chi connectivity index (χ1) is 9.15. The van der Waals surface area contributed by atoms with Gasteiger partial charge in [0.15, 0.2) is 10.4 Å². The highest BCUT2D eigenvalue weighted by Crippen LogP contribution is 2.25. The van der Waals surface area contributed by atoms with E-state index in [2.05, 4.69) is 20.8 Å². The number of fused-ring (bicyclic) bond motifs is 1. The molecule has 1 aromatic rings. The van der Waals surface area contributed by atoms with Crippen molar-refractivity contribution in [3.8, 4) is 0 Å². The minimum Gasteiger partial charge on any atom is -0.444 e. The molecule has 2 aliphatic rings. The number of carbonyl (C=O) groups excluding carboxylic acids is 1. The number of halogens is 1. The minimum atomic E-state index is 0.0356. The van der Waals surface area contributed by atoms with Crippen LogP contribution >= 0.6 is 15.9 Å². The maximum Gasteiger partial charge on any atom is 0.289 e. The first-order valence-electron chi connectivity index (χ1n) is 6.94. The number of rotatable bonds is 1. The number of furan rings is 1. The minimum absolute atomic E-state index is 0.0356. The average Bonchev–Trinajstić information content (AvgIpc) is 2.76. The standard InChI is InChI=1S/C14H19BrN2O2/c1-10-8-12(15)19-13(10)14(18)17-7-6-16-5-3-2-4-11(16)9-17/h8,11H,2-7,9H2,1H3/t11-/m1/s1. The van der Waals surface area contributed by atoms with Gasteiger partial charge in [0.1, 0.15) is 0 Å². The van der Waals surface area contributed by atoms with E-state index in [4.69, 9.17) is 4.42 Å². The second kappa shape index (κ2) is 5.29. The van der Waals surface area contributed by atoms with Crippen molar-refractivity contribution in [3.05, 3.63) is 22.1 Å². The van der Waals surface area contributed by atoms with Gasteiger partial charge in [0.2, 0.25) is 0 Å². The zero-order valence-corrected chi connectivity index (χ0v) is 12.8. The van der Waals surface area contributed by atoms with Crippen LogP contribution in [0.25, 0.3) is 0 Å². The van der Waals surface area contributed by atoms with Crippen molar-refractivity contribution in [2.75, 3.05) is 26.2 Å². The van der Waals surface area contributed by atoms with E-state index in [0.717, 1.165) is 25.2 Å². The molecular formula is C14H19BrN2O2. The van der Waals surface area contributed by atoms with Crippen molar-refractivity contribution >= 4 is 21.8 Å². The van der Waals surface area contributed by atoms with Gasteiger partial charge < -0.3 is 9.32 Å². The summed E-state index contributed by atoms with van der Waals surface area (Å²) in [4.78, 5) is 17.0. The van der Waals surface area contributed by atoms with Gasteiger partial charge in [0.05, 0.1) is 0 Å². The number of hydrogen-bond donors (Lipinski definition) is 0. The number of amides is 1. The maximum atomic E-state index is 12.5. The molecular weight excluding hydrogens is 308 g/mol. The van der Waals surface area contributed by atoms with Crippen LogP contribution in [0.3, 0.4) is 0 Å². The molecule has 5 heteroatoms. The summed E-state index contributed by atoms with van der Waals surface area (Å²) >= 11 is 3.29. The molecule has 0 bridgehead atoms. The number of aryl methyl sites for hydroxylation is 1. The summed E-state index contributed by atoms with van der Waals surface area (Å²) in [5.74, 6) is 0.518. The largest absolute Gasteiger partial charge is 0.444 e.